The third-order valence-corrected chi connectivity index (χ3v) is 5.64. The van der Waals surface area contributed by atoms with Crippen LogP contribution in [0.3, 0.4) is 0 Å². The van der Waals surface area contributed by atoms with Gasteiger partial charge in [0.25, 0.3) is 5.69 Å². The van der Waals surface area contributed by atoms with Gasteiger partial charge in [-0.05, 0) is 19.5 Å². The number of likely N-dealkylation sites (N-methyl/N-ethyl adjacent to an activating group) is 1. The van der Waals surface area contributed by atoms with Gasteiger partial charge in [0.05, 0.1) is 35.8 Å². The molecular weight excluding hydrogens is 338 g/mol. The Morgan fingerprint density at radius 2 is 2.21 bits per heavy atom. The molecule has 10 heteroatoms. The van der Waals surface area contributed by atoms with E-state index in [4.69, 9.17) is 4.74 Å². The monoisotopic (exact) mass is 357 g/mol. The van der Waals surface area contributed by atoms with Gasteiger partial charge in [0.2, 0.25) is 5.91 Å². The number of ether oxygens (including phenoxy) is 1. The highest BCUT2D eigenvalue weighted by Crippen LogP contribution is 2.28. The van der Waals surface area contributed by atoms with Crippen LogP contribution in [0.5, 0.6) is 5.75 Å². The summed E-state index contributed by atoms with van der Waals surface area (Å²) in [6.07, 6.45) is 0.492. The Kier molecular flexibility index (Phi) is 5.40. The summed E-state index contributed by atoms with van der Waals surface area (Å²) in [5.74, 6) is 0.0693. The van der Waals surface area contributed by atoms with E-state index in [-0.39, 0.29) is 35.5 Å². The van der Waals surface area contributed by atoms with Crippen molar-refractivity contribution in [2.24, 2.45) is 0 Å². The number of benzene rings is 1. The molecule has 1 aliphatic rings. The molecule has 0 aliphatic carbocycles. The van der Waals surface area contributed by atoms with Crippen LogP contribution in [-0.2, 0) is 14.6 Å². The van der Waals surface area contributed by atoms with Gasteiger partial charge >= 0.3 is 0 Å². The largest absolute Gasteiger partial charge is 0.495 e. The summed E-state index contributed by atoms with van der Waals surface area (Å²) < 4.78 is 28.1. The molecule has 24 heavy (non-hydrogen) atoms. The number of anilines is 1. The molecular formula is C14H19N3O6S. The van der Waals surface area contributed by atoms with Crippen molar-refractivity contribution in [1.82, 2.24) is 4.90 Å². The lowest BCUT2D eigenvalue weighted by Gasteiger charge is -2.22. The zero-order valence-electron chi connectivity index (χ0n) is 13.4. The number of rotatable bonds is 6. The van der Waals surface area contributed by atoms with Crippen LogP contribution < -0.4 is 10.1 Å². The number of nitrogens with one attached hydrogen (secondary N) is 1. The molecule has 1 aromatic carbocycles. The molecule has 0 spiro atoms. The predicted molar refractivity (Wildman–Crippen MR) is 88.0 cm³/mol. The lowest BCUT2D eigenvalue weighted by molar-refractivity contribution is -0.384. The zero-order valence-corrected chi connectivity index (χ0v) is 14.2. The second-order valence-corrected chi connectivity index (χ2v) is 7.89. The number of methoxy groups -OCH3 is 1. The Balaban J connectivity index is 2.04. The number of carbonyl (C=O) groups excluding carboxylic acids is 1. The Morgan fingerprint density at radius 1 is 1.50 bits per heavy atom. The fourth-order valence-corrected chi connectivity index (χ4v) is 4.38. The Bertz CT molecular complexity index is 749. The molecule has 1 N–H and O–H groups in total. The van der Waals surface area contributed by atoms with Crippen molar-refractivity contribution < 1.29 is 22.9 Å². The SMILES string of the molecule is COc1ccc([N+](=O)[O-])cc1NC(=O)CN(C)[C@@H]1CCS(=O)(=O)C1. The molecule has 0 unspecified atom stereocenters. The molecule has 0 bridgehead atoms. The van der Waals surface area contributed by atoms with E-state index >= 15 is 0 Å². The van der Waals surface area contributed by atoms with E-state index in [9.17, 15) is 23.3 Å². The number of nitrogens with zero attached hydrogens (tertiary/aromatic N) is 2. The molecule has 0 aromatic heterocycles. The van der Waals surface area contributed by atoms with Crippen LogP contribution in [0.4, 0.5) is 11.4 Å². The first-order valence-corrected chi connectivity index (χ1v) is 9.07. The molecule has 0 radical (unpaired) electrons. The smallest absolute Gasteiger partial charge is 0.271 e. The fraction of sp³-hybridized carbons (Fsp3) is 0.500. The normalized spacial score (nSPS) is 19.2. The minimum atomic E-state index is -3.03. The summed E-state index contributed by atoms with van der Waals surface area (Å²) in [5.41, 5.74) is 0.0329. The maximum Gasteiger partial charge on any atom is 0.271 e. The Morgan fingerprint density at radius 3 is 2.75 bits per heavy atom. The van der Waals surface area contributed by atoms with E-state index in [1.807, 2.05) is 0 Å². The second kappa shape index (κ2) is 7.14. The van der Waals surface area contributed by atoms with E-state index in [1.165, 1.54) is 25.3 Å². The number of hydrogen-bond acceptors (Lipinski definition) is 7. The zero-order chi connectivity index (χ0) is 17.9. The maximum absolute atomic E-state index is 12.2. The third kappa shape index (κ3) is 4.42. The van der Waals surface area contributed by atoms with E-state index < -0.39 is 20.7 Å². The highest BCUT2D eigenvalue weighted by atomic mass is 32.2. The highest BCUT2D eigenvalue weighted by Gasteiger charge is 2.31. The molecule has 9 nitrogen and oxygen atoms in total. The van der Waals surface area contributed by atoms with Crippen LogP contribution in [-0.4, -0.2) is 62.4 Å². The molecule has 1 amide bonds. The fourth-order valence-electron chi connectivity index (χ4n) is 2.58. The van der Waals surface area contributed by atoms with Gasteiger partial charge in [0.15, 0.2) is 9.84 Å². The van der Waals surface area contributed by atoms with Gasteiger partial charge in [-0.25, -0.2) is 8.42 Å². The molecule has 1 heterocycles. The van der Waals surface area contributed by atoms with Gasteiger partial charge < -0.3 is 10.1 Å². The van der Waals surface area contributed by atoms with E-state index in [0.717, 1.165) is 0 Å². The summed E-state index contributed by atoms with van der Waals surface area (Å²) >= 11 is 0. The van der Waals surface area contributed by atoms with Crippen molar-refractivity contribution in [2.75, 3.05) is 37.5 Å². The summed E-state index contributed by atoms with van der Waals surface area (Å²) in [7, 11) is 0.0422. The van der Waals surface area contributed by atoms with Crippen LogP contribution in [0, 0.1) is 10.1 Å². The van der Waals surface area contributed by atoms with Crippen molar-refractivity contribution in [3.8, 4) is 5.75 Å². The molecule has 2 rings (SSSR count). The first-order chi connectivity index (χ1) is 11.2. The molecule has 132 valence electrons. The minimum Gasteiger partial charge on any atom is -0.495 e. The highest BCUT2D eigenvalue weighted by molar-refractivity contribution is 7.91. The van der Waals surface area contributed by atoms with Crippen LogP contribution in [0.25, 0.3) is 0 Å². The summed E-state index contributed by atoms with van der Waals surface area (Å²) in [4.78, 5) is 24.1. The third-order valence-electron chi connectivity index (χ3n) is 3.89. The van der Waals surface area contributed by atoms with E-state index in [0.29, 0.717) is 12.2 Å². The van der Waals surface area contributed by atoms with Crippen molar-refractivity contribution in [3.63, 3.8) is 0 Å². The van der Waals surface area contributed by atoms with Crippen molar-refractivity contribution in [2.45, 2.75) is 12.5 Å². The van der Waals surface area contributed by atoms with Crippen LogP contribution in [0.15, 0.2) is 18.2 Å². The molecule has 1 aliphatic heterocycles. The summed E-state index contributed by atoms with van der Waals surface area (Å²) in [6, 6.07) is 3.70. The number of nitro groups is 1. The van der Waals surface area contributed by atoms with Crippen molar-refractivity contribution in [3.05, 3.63) is 28.3 Å². The lowest BCUT2D eigenvalue weighted by atomic mass is 10.2. The first kappa shape index (κ1) is 18.1. The minimum absolute atomic E-state index is 0.0218. The molecule has 1 atom stereocenters. The lowest BCUT2D eigenvalue weighted by Crippen LogP contribution is -2.38. The molecule has 1 fully saturated rings. The Labute approximate surface area is 139 Å². The molecule has 1 saturated heterocycles. The second-order valence-electron chi connectivity index (χ2n) is 5.66. The average molecular weight is 357 g/mol. The van der Waals surface area contributed by atoms with Gasteiger partial charge in [-0.1, -0.05) is 0 Å². The quantitative estimate of drug-likeness (QED) is 0.587. The van der Waals surface area contributed by atoms with Gasteiger partial charge in [-0.2, -0.15) is 0 Å². The van der Waals surface area contributed by atoms with Gasteiger partial charge in [-0.3, -0.25) is 19.8 Å². The molecule has 1 aromatic rings. The van der Waals surface area contributed by atoms with Crippen LogP contribution in [0.2, 0.25) is 0 Å². The maximum atomic E-state index is 12.2. The summed E-state index contributed by atoms with van der Waals surface area (Å²) in [5, 5.41) is 13.4. The molecule has 0 saturated carbocycles. The average Bonchev–Trinajstić information content (AvgIpc) is 2.87. The van der Waals surface area contributed by atoms with Gasteiger partial charge in [0, 0.05) is 18.2 Å². The standard InChI is InChI=1S/C14H19N3O6S/c1-16(11-5-6-24(21,22)9-11)8-14(18)15-12-7-10(17(19)20)3-4-13(12)23-2/h3-4,7,11H,5-6,8-9H2,1-2H3,(H,15,18)/t11-/m1/s1. The van der Waals surface area contributed by atoms with Gasteiger partial charge in [0.1, 0.15) is 5.75 Å². The van der Waals surface area contributed by atoms with Gasteiger partial charge in [-0.15, -0.1) is 0 Å². The van der Waals surface area contributed by atoms with E-state index in [2.05, 4.69) is 5.32 Å². The van der Waals surface area contributed by atoms with Crippen molar-refractivity contribution in [1.29, 1.82) is 0 Å². The van der Waals surface area contributed by atoms with Crippen LogP contribution in [0.1, 0.15) is 6.42 Å². The first-order valence-electron chi connectivity index (χ1n) is 7.25. The Hall–Kier alpha value is -2.20. The topological polar surface area (TPSA) is 119 Å². The van der Waals surface area contributed by atoms with Crippen molar-refractivity contribution >= 4 is 27.1 Å². The number of nitro benzene ring substituents is 1. The van der Waals surface area contributed by atoms with E-state index in [1.54, 1.807) is 11.9 Å². The number of amides is 1. The number of non-ortho nitro benzene ring substituents is 1. The van der Waals surface area contributed by atoms with Crippen LogP contribution >= 0.6 is 0 Å². The summed E-state index contributed by atoms with van der Waals surface area (Å²) in [6.45, 7) is -0.0218. The number of sulfone groups is 1. The number of carbonyl (C=O) groups is 1. The number of hydrogen-bond donors (Lipinski definition) is 1. The predicted octanol–water partition coefficient (Wildman–Crippen LogP) is 0.661.